The number of ketones is 1. The van der Waals surface area contributed by atoms with Gasteiger partial charge in [0.15, 0.2) is 15.8 Å². The molecule has 1 atom stereocenters. The first-order valence-electron chi connectivity index (χ1n) is 14.4. The molecule has 1 aliphatic heterocycles. The number of carbonyl (C=O) groups excluding carboxylic acids is 2. The Bertz CT molecular complexity index is 1660. The first kappa shape index (κ1) is 31.6. The molecule has 1 fully saturated rings. The van der Waals surface area contributed by atoms with Gasteiger partial charge in [-0.25, -0.2) is 0 Å². The number of halogens is 1. The quantitative estimate of drug-likeness (QED) is 0.0387. The van der Waals surface area contributed by atoms with Crippen LogP contribution in [0.4, 0.5) is 5.13 Å². The Kier molecular flexibility index (Phi) is 10.6. The molecule has 44 heavy (non-hydrogen) atoms. The SMILES string of the molecule is CCCCCOc1ccc(C2C(=C(O)c3ccccc3)C(=O)C(=O)N2c2nnc(SCc3ccccc3Cl)s2)cc1OCC. The molecule has 1 unspecified atom stereocenters. The van der Waals surface area contributed by atoms with Crippen LogP contribution in [0.25, 0.3) is 5.76 Å². The second-order valence-corrected chi connectivity index (χ2v) is 12.5. The van der Waals surface area contributed by atoms with E-state index in [1.807, 2.05) is 37.3 Å². The van der Waals surface area contributed by atoms with Crippen LogP contribution in [0.1, 0.15) is 55.8 Å². The Balaban J connectivity index is 1.54. The van der Waals surface area contributed by atoms with Crippen molar-refractivity contribution in [2.45, 2.75) is 49.2 Å². The lowest BCUT2D eigenvalue weighted by Crippen LogP contribution is -2.29. The van der Waals surface area contributed by atoms with E-state index in [0.717, 1.165) is 24.8 Å². The molecule has 0 saturated carbocycles. The number of hydrogen-bond acceptors (Lipinski definition) is 9. The van der Waals surface area contributed by atoms with Gasteiger partial charge in [-0.05, 0) is 42.7 Å². The number of nitrogens with zero attached hydrogens (tertiary/aromatic N) is 3. The summed E-state index contributed by atoms with van der Waals surface area (Å²) >= 11 is 8.95. The molecule has 4 aromatic rings. The molecule has 0 aliphatic carbocycles. The molecule has 1 aliphatic rings. The summed E-state index contributed by atoms with van der Waals surface area (Å²) in [6.45, 7) is 4.93. The number of carbonyl (C=O) groups is 2. The third-order valence-corrected chi connectivity index (χ3v) is 9.46. The van der Waals surface area contributed by atoms with E-state index >= 15 is 0 Å². The molecular formula is C33H32ClN3O5S2. The number of thioether (sulfide) groups is 1. The third-order valence-electron chi connectivity index (χ3n) is 6.99. The highest BCUT2D eigenvalue weighted by Crippen LogP contribution is 2.45. The number of Topliss-reactive ketones (excluding diaryl/α,β-unsaturated/α-hetero) is 1. The summed E-state index contributed by atoms with van der Waals surface area (Å²) in [5, 5.41) is 20.9. The summed E-state index contributed by atoms with van der Waals surface area (Å²) < 4.78 is 12.5. The molecule has 0 bridgehead atoms. The molecule has 5 rings (SSSR count). The molecule has 0 radical (unpaired) electrons. The van der Waals surface area contributed by atoms with Crippen molar-refractivity contribution in [2.24, 2.45) is 0 Å². The molecule has 0 spiro atoms. The van der Waals surface area contributed by atoms with Crippen LogP contribution in [0.5, 0.6) is 11.5 Å². The van der Waals surface area contributed by atoms with E-state index in [1.54, 1.807) is 42.5 Å². The van der Waals surface area contributed by atoms with Gasteiger partial charge in [0, 0.05) is 16.3 Å². The van der Waals surface area contributed by atoms with Crippen LogP contribution in [0.15, 0.2) is 82.7 Å². The minimum Gasteiger partial charge on any atom is -0.507 e. The number of benzene rings is 3. The number of unbranched alkanes of at least 4 members (excludes halogenated alkanes) is 2. The zero-order valence-electron chi connectivity index (χ0n) is 24.4. The Morgan fingerprint density at radius 1 is 0.977 bits per heavy atom. The van der Waals surface area contributed by atoms with Gasteiger partial charge in [0.1, 0.15) is 5.76 Å². The van der Waals surface area contributed by atoms with Gasteiger partial charge in [-0.2, -0.15) is 0 Å². The monoisotopic (exact) mass is 649 g/mol. The van der Waals surface area contributed by atoms with Crippen molar-refractivity contribution in [3.8, 4) is 11.5 Å². The van der Waals surface area contributed by atoms with Crippen LogP contribution in [0, 0.1) is 0 Å². The molecular weight excluding hydrogens is 618 g/mol. The largest absolute Gasteiger partial charge is 0.507 e. The number of aliphatic hydroxyl groups excluding tert-OH is 1. The molecule has 1 amide bonds. The normalized spacial score (nSPS) is 16.0. The van der Waals surface area contributed by atoms with Crippen LogP contribution in [-0.2, 0) is 15.3 Å². The van der Waals surface area contributed by atoms with Crippen molar-refractivity contribution in [1.29, 1.82) is 0 Å². The highest BCUT2D eigenvalue weighted by Gasteiger charge is 2.48. The van der Waals surface area contributed by atoms with Crippen molar-refractivity contribution in [3.63, 3.8) is 0 Å². The van der Waals surface area contributed by atoms with E-state index in [4.69, 9.17) is 21.1 Å². The van der Waals surface area contributed by atoms with Crippen molar-refractivity contribution in [3.05, 3.63) is 100 Å². The topological polar surface area (TPSA) is 102 Å². The summed E-state index contributed by atoms with van der Waals surface area (Å²) in [4.78, 5) is 28.5. The number of aromatic nitrogens is 2. The van der Waals surface area contributed by atoms with E-state index in [9.17, 15) is 14.7 Å². The Morgan fingerprint density at radius 3 is 2.50 bits per heavy atom. The Labute approximate surface area is 269 Å². The summed E-state index contributed by atoms with van der Waals surface area (Å²) in [6.07, 6.45) is 3.04. The third kappa shape index (κ3) is 6.93. The summed E-state index contributed by atoms with van der Waals surface area (Å²) in [6, 6.07) is 20.6. The van der Waals surface area contributed by atoms with E-state index in [2.05, 4.69) is 17.1 Å². The summed E-state index contributed by atoms with van der Waals surface area (Å²) in [7, 11) is 0. The van der Waals surface area contributed by atoms with E-state index in [0.29, 0.717) is 51.0 Å². The maximum Gasteiger partial charge on any atom is 0.301 e. The van der Waals surface area contributed by atoms with Crippen LogP contribution in [-0.4, -0.2) is 40.2 Å². The van der Waals surface area contributed by atoms with Gasteiger partial charge >= 0.3 is 5.91 Å². The number of hydrogen-bond donors (Lipinski definition) is 1. The van der Waals surface area contributed by atoms with Crippen molar-refractivity contribution in [1.82, 2.24) is 10.2 Å². The molecule has 3 aromatic carbocycles. The molecule has 1 aromatic heterocycles. The smallest absolute Gasteiger partial charge is 0.301 e. The zero-order valence-corrected chi connectivity index (χ0v) is 26.8. The second kappa shape index (κ2) is 14.7. The first-order chi connectivity index (χ1) is 21.4. The molecule has 2 heterocycles. The van der Waals surface area contributed by atoms with E-state index in [1.165, 1.54) is 28.0 Å². The van der Waals surface area contributed by atoms with Crippen molar-refractivity contribution < 1.29 is 24.2 Å². The number of aliphatic hydroxyl groups is 1. The van der Waals surface area contributed by atoms with Gasteiger partial charge < -0.3 is 14.6 Å². The standard InChI is InChI=1S/C33H32ClN3O5S2/c1-3-5-11-18-42-25-17-16-22(19-26(25)41-4-2)28-27(29(38)21-12-7-6-8-13-21)30(39)31(40)37(28)32-35-36-33(44-32)43-20-23-14-9-10-15-24(23)34/h6-10,12-17,19,28,38H,3-5,11,18,20H2,1-2H3. The van der Waals surface area contributed by atoms with Crippen molar-refractivity contribution in [2.75, 3.05) is 18.1 Å². The van der Waals surface area contributed by atoms with Crippen LogP contribution in [0.2, 0.25) is 5.02 Å². The van der Waals surface area contributed by atoms with Gasteiger partial charge in [-0.3, -0.25) is 14.5 Å². The molecule has 228 valence electrons. The number of anilines is 1. The summed E-state index contributed by atoms with van der Waals surface area (Å²) in [5.41, 5.74) is 1.89. The lowest BCUT2D eigenvalue weighted by molar-refractivity contribution is -0.132. The molecule has 1 saturated heterocycles. The Morgan fingerprint density at radius 2 is 1.75 bits per heavy atom. The minimum absolute atomic E-state index is 0.0410. The molecule has 1 N–H and O–H groups in total. The summed E-state index contributed by atoms with van der Waals surface area (Å²) in [5.74, 6) is -0.269. The maximum absolute atomic E-state index is 13.6. The highest BCUT2D eigenvalue weighted by atomic mass is 35.5. The fourth-order valence-corrected chi connectivity index (χ4v) is 6.98. The average Bonchev–Trinajstić information content (AvgIpc) is 3.61. The fourth-order valence-electron chi connectivity index (χ4n) is 4.83. The van der Waals surface area contributed by atoms with Gasteiger partial charge in [-0.15, -0.1) is 10.2 Å². The van der Waals surface area contributed by atoms with Gasteiger partial charge in [0.25, 0.3) is 5.78 Å². The van der Waals surface area contributed by atoms with Gasteiger partial charge in [0.05, 0.1) is 24.8 Å². The van der Waals surface area contributed by atoms with Gasteiger partial charge in [0.2, 0.25) is 5.13 Å². The van der Waals surface area contributed by atoms with Crippen LogP contribution in [0.3, 0.4) is 0 Å². The van der Waals surface area contributed by atoms with E-state index in [-0.39, 0.29) is 16.5 Å². The predicted molar refractivity (Wildman–Crippen MR) is 175 cm³/mol. The number of amides is 1. The maximum atomic E-state index is 13.6. The predicted octanol–water partition coefficient (Wildman–Crippen LogP) is 8.08. The molecule has 8 nitrogen and oxygen atoms in total. The van der Waals surface area contributed by atoms with Crippen molar-refractivity contribution >= 4 is 57.3 Å². The lowest BCUT2D eigenvalue weighted by Gasteiger charge is -2.23. The second-order valence-electron chi connectivity index (χ2n) is 9.96. The minimum atomic E-state index is -0.974. The average molecular weight is 650 g/mol. The lowest BCUT2D eigenvalue weighted by atomic mass is 9.95. The number of rotatable bonds is 13. The molecule has 11 heteroatoms. The Hall–Kier alpha value is -3.86. The van der Waals surface area contributed by atoms with E-state index < -0.39 is 17.7 Å². The first-order valence-corrected chi connectivity index (χ1v) is 16.6. The number of ether oxygens (including phenoxy) is 2. The highest BCUT2D eigenvalue weighted by molar-refractivity contribution is 8.00. The zero-order chi connectivity index (χ0) is 31.1. The van der Waals surface area contributed by atoms with Gasteiger partial charge in [-0.1, -0.05) is 109 Å². The fraction of sp³-hybridized carbons (Fsp3) is 0.273. The van der Waals surface area contributed by atoms with Crippen LogP contribution < -0.4 is 14.4 Å². The van der Waals surface area contributed by atoms with Crippen LogP contribution >= 0.6 is 34.7 Å².